The third-order valence-electron chi connectivity index (χ3n) is 15.3. The molecular weight excluding hydrogens is 1100 g/mol. The van der Waals surface area contributed by atoms with Crippen LogP contribution in [0.3, 0.4) is 0 Å². The van der Waals surface area contributed by atoms with Crippen molar-refractivity contribution in [3.05, 3.63) is 185 Å². The van der Waals surface area contributed by atoms with E-state index in [1.165, 1.54) is 38.9 Å². The molecule has 9 rings (SSSR count). The van der Waals surface area contributed by atoms with Gasteiger partial charge in [0.2, 0.25) is 0 Å². The zero-order valence-corrected chi connectivity index (χ0v) is 50.9. The number of fused-ring (bicyclic) bond motifs is 4. The zero-order valence-electron chi connectivity index (χ0n) is 48.6. The maximum absolute atomic E-state index is 7.07. The van der Waals surface area contributed by atoms with Gasteiger partial charge in [0.05, 0.1) is 0 Å². The number of hydrogen-bond acceptors (Lipinski definition) is 4. The molecule has 0 saturated heterocycles. The van der Waals surface area contributed by atoms with Crippen molar-refractivity contribution in [2.75, 3.05) is 9.80 Å². The Morgan fingerprint density at radius 3 is 1.56 bits per heavy atom. The Morgan fingerprint density at radius 2 is 1.00 bits per heavy atom. The van der Waals surface area contributed by atoms with Gasteiger partial charge in [0, 0.05) is 66.8 Å². The number of ether oxygens (including phenoxy) is 1. The van der Waals surface area contributed by atoms with E-state index in [0.717, 1.165) is 55.9 Å². The summed E-state index contributed by atoms with van der Waals surface area (Å²) in [5.74, 6) is 2.09. The van der Waals surface area contributed by atoms with Gasteiger partial charge in [-0.2, -0.15) is 6.07 Å². The summed E-state index contributed by atoms with van der Waals surface area (Å²) < 4.78 is 9.33. The van der Waals surface area contributed by atoms with Gasteiger partial charge in [0.1, 0.15) is 5.82 Å². The smallest absolute Gasteiger partial charge is 0.135 e. The quantitative estimate of drug-likeness (QED) is 0.149. The van der Waals surface area contributed by atoms with Crippen LogP contribution < -0.4 is 14.5 Å². The summed E-state index contributed by atoms with van der Waals surface area (Å²) in [7, 11) is 0. The minimum Gasteiger partial charge on any atom is -0.509 e. The maximum atomic E-state index is 7.07. The predicted molar refractivity (Wildman–Crippen MR) is 315 cm³/mol. The van der Waals surface area contributed by atoms with Crippen molar-refractivity contribution in [1.29, 1.82) is 0 Å². The molecule has 0 bridgehead atoms. The van der Waals surface area contributed by atoms with Gasteiger partial charge in [-0.1, -0.05) is 193 Å². The van der Waals surface area contributed by atoms with Gasteiger partial charge in [-0.15, -0.1) is 53.6 Å². The molecule has 0 N–H and O–H groups in total. The van der Waals surface area contributed by atoms with E-state index < -0.39 is 0 Å². The molecule has 1 aliphatic heterocycles. The Hall–Kier alpha value is -5.64. The molecule has 1 aliphatic rings. The van der Waals surface area contributed by atoms with E-state index in [0.29, 0.717) is 11.5 Å². The van der Waals surface area contributed by atoms with Crippen molar-refractivity contribution in [2.24, 2.45) is 0 Å². The summed E-state index contributed by atoms with van der Waals surface area (Å²) in [5.41, 5.74) is 15.7. The standard InChI is InChI=1S/C69H81N4O.Pt/c1-63(2,3)45-30-31-70-62(38-45)73-58-29-26-46(69(19,20)44-24-22-21-23-25-44)37-55(58)54-28-27-52(40-59(54)73)74-53-36-49(66(10,11)12)35-51(39-53)72-43-71(50-33-47(64(4,5)6)32-48(34-50)65(7,8)9)60-41-56(67(13,14)15)57(42-61(60)72)68(16,17)18;/h21-38,41-43H,1-20H3;/q-3;. The van der Waals surface area contributed by atoms with Crippen LogP contribution in [0.4, 0.5) is 22.7 Å². The molecule has 0 aliphatic carbocycles. The molecule has 0 atom stereocenters. The van der Waals surface area contributed by atoms with Crippen molar-refractivity contribution in [2.45, 2.75) is 176 Å². The van der Waals surface area contributed by atoms with Crippen LogP contribution in [0.1, 0.15) is 183 Å². The van der Waals surface area contributed by atoms with E-state index in [9.17, 15) is 0 Å². The van der Waals surface area contributed by atoms with E-state index in [1.807, 2.05) is 6.20 Å². The summed E-state index contributed by atoms with van der Waals surface area (Å²) in [5, 5.41) is 2.24. The second-order valence-electron chi connectivity index (χ2n) is 27.8. The molecule has 75 heavy (non-hydrogen) atoms. The van der Waals surface area contributed by atoms with Crippen LogP contribution in [0.5, 0.6) is 11.5 Å². The van der Waals surface area contributed by atoms with E-state index >= 15 is 0 Å². The van der Waals surface area contributed by atoms with Gasteiger partial charge in [-0.05, 0) is 119 Å². The first-order chi connectivity index (χ1) is 34.2. The second-order valence-corrected chi connectivity index (χ2v) is 27.8. The minimum absolute atomic E-state index is 0. The largest absolute Gasteiger partial charge is 0.509 e. The van der Waals surface area contributed by atoms with Crippen LogP contribution in [0.25, 0.3) is 27.6 Å². The van der Waals surface area contributed by atoms with Crippen molar-refractivity contribution in [3.63, 3.8) is 0 Å². The van der Waals surface area contributed by atoms with Crippen molar-refractivity contribution in [1.82, 2.24) is 9.55 Å². The van der Waals surface area contributed by atoms with Crippen LogP contribution in [0.15, 0.2) is 121 Å². The first-order valence-corrected chi connectivity index (χ1v) is 26.8. The number of pyridine rings is 1. The molecule has 0 fully saturated rings. The Labute approximate surface area is 465 Å². The molecule has 6 aromatic carbocycles. The Kier molecular flexibility index (Phi) is 14.2. The van der Waals surface area contributed by atoms with Crippen LogP contribution in [0.2, 0.25) is 0 Å². The van der Waals surface area contributed by atoms with E-state index in [2.05, 4.69) is 287 Å². The monoisotopic (exact) mass is 1180 g/mol. The fourth-order valence-electron chi connectivity index (χ4n) is 10.4. The number of rotatable bonds is 7. The first kappa shape index (κ1) is 55.6. The van der Waals surface area contributed by atoms with Gasteiger partial charge in [-0.25, -0.2) is 4.98 Å². The summed E-state index contributed by atoms with van der Waals surface area (Å²) >= 11 is 0. The number of anilines is 4. The van der Waals surface area contributed by atoms with E-state index in [1.54, 1.807) is 0 Å². The topological polar surface area (TPSA) is 33.5 Å². The molecule has 6 heteroatoms. The zero-order chi connectivity index (χ0) is 53.9. The molecule has 8 aromatic rings. The Balaban J connectivity index is 0.00000747. The Morgan fingerprint density at radius 1 is 0.440 bits per heavy atom. The fraction of sp³-hybridized carbons (Fsp3) is 0.391. The average Bonchev–Trinajstić information content (AvgIpc) is 3.85. The maximum Gasteiger partial charge on any atom is 0.135 e. The third-order valence-corrected chi connectivity index (χ3v) is 15.3. The molecule has 396 valence electrons. The molecule has 5 nitrogen and oxygen atoms in total. The van der Waals surface area contributed by atoms with Crippen molar-refractivity contribution >= 4 is 44.6 Å². The molecule has 3 heterocycles. The molecule has 0 unspecified atom stereocenters. The molecule has 0 saturated carbocycles. The van der Waals surface area contributed by atoms with E-state index in [-0.39, 0.29) is 59.0 Å². The first-order valence-electron chi connectivity index (χ1n) is 26.8. The average molecular weight is 1180 g/mol. The summed E-state index contributed by atoms with van der Waals surface area (Å²) in [6.07, 6.45) is 1.93. The predicted octanol–water partition coefficient (Wildman–Crippen LogP) is 19.1. The van der Waals surface area contributed by atoms with Gasteiger partial charge in [0.25, 0.3) is 0 Å². The van der Waals surface area contributed by atoms with Crippen LogP contribution in [-0.4, -0.2) is 9.55 Å². The summed E-state index contributed by atoms with van der Waals surface area (Å²) in [6.45, 7) is 48.3. The molecule has 0 radical (unpaired) electrons. The third kappa shape index (κ3) is 10.9. The van der Waals surface area contributed by atoms with Crippen LogP contribution in [0, 0.1) is 18.8 Å². The van der Waals surface area contributed by atoms with Crippen molar-refractivity contribution < 1.29 is 25.8 Å². The number of aromatic nitrogens is 2. The normalized spacial score (nSPS) is 13.9. The van der Waals surface area contributed by atoms with Gasteiger partial charge >= 0.3 is 0 Å². The van der Waals surface area contributed by atoms with Crippen LogP contribution in [-0.2, 0) is 59.0 Å². The van der Waals surface area contributed by atoms with E-state index in [4.69, 9.17) is 9.72 Å². The van der Waals surface area contributed by atoms with Gasteiger partial charge in [-0.3, -0.25) is 0 Å². The number of nitrogens with zero attached hydrogens (tertiary/aromatic N) is 4. The van der Waals surface area contributed by atoms with Gasteiger partial charge < -0.3 is 19.1 Å². The molecule has 2 aromatic heterocycles. The molecule has 0 spiro atoms. The van der Waals surface area contributed by atoms with Crippen molar-refractivity contribution in [3.8, 4) is 17.3 Å². The van der Waals surface area contributed by atoms with Crippen LogP contribution >= 0.6 is 0 Å². The number of benzene rings is 6. The number of hydrogen-bond donors (Lipinski definition) is 0. The summed E-state index contributed by atoms with van der Waals surface area (Å²) in [6, 6.07) is 50.5. The Bertz CT molecular complexity index is 3390. The summed E-state index contributed by atoms with van der Waals surface area (Å²) in [4.78, 5) is 9.78. The molecule has 0 amide bonds. The van der Waals surface area contributed by atoms with Gasteiger partial charge in [0.15, 0.2) is 0 Å². The minimum atomic E-state index is -0.216. The molecular formula is C69H81N4OPt-3. The SMILES string of the molecule is CC(C)(C)c1cc(Oc2[c-]c3c(cc2)c2cc(C(C)(C)c4ccccc4)ccc2n3-c2cc(C(C)(C)C)ccn2)[c-]c(N2[CH-]N(c3cc(C(C)(C)C)cc(C(C)(C)C)c3)c3cc(C(C)(C)C)c(C(C)(C)C)cc32)c1.[Pt]. The fourth-order valence-corrected chi connectivity index (χ4v) is 10.4. The second kappa shape index (κ2) is 19.1.